The Morgan fingerprint density at radius 2 is 1.78 bits per heavy atom. The van der Waals surface area contributed by atoms with E-state index in [1.165, 1.54) is 0 Å². The number of nitrogen functional groups attached to an aromatic ring is 1. The third-order valence-corrected chi connectivity index (χ3v) is 5.34. The van der Waals surface area contributed by atoms with Crippen molar-refractivity contribution in [3.05, 3.63) is 64.9 Å². The van der Waals surface area contributed by atoms with Crippen LogP contribution in [-0.4, -0.2) is 38.7 Å². The molecule has 1 unspecified atom stereocenters. The molecule has 2 aromatic carbocycles. The molecule has 2 aromatic heterocycles. The van der Waals surface area contributed by atoms with Gasteiger partial charge in [-0.15, -0.1) is 0 Å². The Morgan fingerprint density at radius 3 is 2.39 bits per heavy atom. The third-order valence-electron chi connectivity index (χ3n) is 5.34. The Kier molecular flexibility index (Phi) is 6.51. The number of hydrogen-bond donors (Lipinski definition) is 3. The highest BCUT2D eigenvalue weighted by Gasteiger charge is 2.26. The van der Waals surface area contributed by atoms with Gasteiger partial charge in [0, 0.05) is 31.3 Å². The Bertz CT molecular complexity index is 1480. The molecule has 4 aromatic rings. The van der Waals surface area contributed by atoms with E-state index in [0.29, 0.717) is 40.1 Å². The molecule has 0 radical (unpaired) electrons. The standard InChI is InChI=1S/C24H23F2N7O3/c1-11-7-17(29-23(35)21(36-13(3)34)14-8-15(25)10-16(26)9-14)5-6-18(11)33-20-19(12(2)32-33)30-24(28-4)31-22(20)27/h5-10,21H,1-4H3,(H,29,35)(H3,27,28,30,31). The van der Waals surface area contributed by atoms with Crippen LogP contribution in [0.1, 0.15) is 29.8 Å². The van der Waals surface area contributed by atoms with Crippen LogP contribution in [0.4, 0.5) is 26.2 Å². The summed E-state index contributed by atoms with van der Waals surface area (Å²) in [6, 6.07) is 7.52. The predicted molar refractivity (Wildman–Crippen MR) is 130 cm³/mol. The van der Waals surface area contributed by atoms with Crippen LogP contribution in [0.3, 0.4) is 0 Å². The highest BCUT2D eigenvalue weighted by atomic mass is 19.1. The largest absolute Gasteiger partial charge is 0.447 e. The molecule has 10 nitrogen and oxygen atoms in total. The van der Waals surface area contributed by atoms with E-state index >= 15 is 0 Å². The first-order valence-corrected chi connectivity index (χ1v) is 10.8. The van der Waals surface area contributed by atoms with Crippen molar-refractivity contribution in [3.63, 3.8) is 0 Å². The SMILES string of the molecule is CNc1nc(N)c2c(n1)c(C)nn2-c1ccc(NC(=O)C(OC(C)=O)c2cc(F)cc(F)c2)cc1C. The normalized spacial score (nSPS) is 11.8. The van der Waals surface area contributed by atoms with Gasteiger partial charge in [-0.3, -0.25) is 9.59 Å². The zero-order valence-electron chi connectivity index (χ0n) is 19.9. The smallest absolute Gasteiger partial charge is 0.303 e. The maximum absolute atomic E-state index is 13.7. The van der Waals surface area contributed by atoms with Crippen molar-refractivity contribution in [1.29, 1.82) is 0 Å². The molecular weight excluding hydrogens is 472 g/mol. The van der Waals surface area contributed by atoms with Crippen LogP contribution in [0.5, 0.6) is 0 Å². The molecule has 0 saturated carbocycles. The number of benzene rings is 2. The molecule has 2 heterocycles. The predicted octanol–water partition coefficient (Wildman–Crippen LogP) is 3.58. The first-order valence-electron chi connectivity index (χ1n) is 10.8. The lowest BCUT2D eigenvalue weighted by Gasteiger charge is -2.18. The van der Waals surface area contributed by atoms with E-state index in [2.05, 4.69) is 25.7 Å². The van der Waals surface area contributed by atoms with Gasteiger partial charge in [-0.2, -0.15) is 10.1 Å². The second kappa shape index (κ2) is 9.56. The number of fused-ring (bicyclic) bond motifs is 1. The van der Waals surface area contributed by atoms with Gasteiger partial charge in [-0.25, -0.2) is 18.4 Å². The van der Waals surface area contributed by atoms with Crippen LogP contribution >= 0.6 is 0 Å². The number of aryl methyl sites for hydroxylation is 2. The lowest BCUT2D eigenvalue weighted by Crippen LogP contribution is -2.25. The highest BCUT2D eigenvalue weighted by Crippen LogP contribution is 2.29. The van der Waals surface area contributed by atoms with E-state index in [9.17, 15) is 18.4 Å². The minimum absolute atomic E-state index is 0.136. The monoisotopic (exact) mass is 495 g/mol. The van der Waals surface area contributed by atoms with Gasteiger partial charge >= 0.3 is 5.97 Å². The molecule has 0 aliphatic carbocycles. The molecule has 0 fully saturated rings. The summed E-state index contributed by atoms with van der Waals surface area (Å²) >= 11 is 0. The molecule has 1 amide bonds. The summed E-state index contributed by atoms with van der Waals surface area (Å²) in [5.41, 5.74) is 9.57. The van der Waals surface area contributed by atoms with Gasteiger partial charge in [0.15, 0.2) is 5.82 Å². The summed E-state index contributed by atoms with van der Waals surface area (Å²) in [4.78, 5) is 33.2. The molecular formula is C24H23F2N7O3. The van der Waals surface area contributed by atoms with E-state index in [0.717, 1.165) is 24.6 Å². The summed E-state index contributed by atoms with van der Waals surface area (Å²) in [5, 5.41) is 10.0. The number of anilines is 3. The molecule has 0 spiro atoms. The van der Waals surface area contributed by atoms with E-state index in [4.69, 9.17) is 10.5 Å². The third kappa shape index (κ3) is 4.78. The second-order valence-electron chi connectivity index (χ2n) is 8.06. The first kappa shape index (κ1) is 24.5. The number of ether oxygens (including phenoxy) is 1. The number of amides is 1. The Labute approximate surface area is 204 Å². The van der Waals surface area contributed by atoms with E-state index in [1.54, 1.807) is 43.8 Å². The van der Waals surface area contributed by atoms with Crippen LogP contribution in [-0.2, 0) is 14.3 Å². The quantitative estimate of drug-likeness (QED) is 0.345. The molecule has 4 rings (SSSR count). The summed E-state index contributed by atoms with van der Waals surface area (Å²) < 4.78 is 34.1. The Hall–Kier alpha value is -4.61. The number of carbonyl (C=O) groups excluding carboxylic acids is 2. The number of rotatable bonds is 6. The number of aromatic nitrogens is 4. The van der Waals surface area contributed by atoms with Crippen LogP contribution in [0, 0.1) is 25.5 Å². The molecule has 12 heteroatoms. The number of hydrogen-bond acceptors (Lipinski definition) is 8. The van der Waals surface area contributed by atoms with Gasteiger partial charge in [-0.1, -0.05) is 0 Å². The minimum Gasteiger partial charge on any atom is -0.447 e. The van der Waals surface area contributed by atoms with Gasteiger partial charge in [-0.05, 0) is 49.7 Å². The van der Waals surface area contributed by atoms with Gasteiger partial charge in [0.05, 0.1) is 11.4 Å². The topological polar surface area (TPSA) is 137 Å². The van der Waals surface area contributed by atoms with Crippen LogP contribution in [0.15, 0.2) is 36.4 Å². The first-order chi connectivity index (χ1) is 17.1. The molecule has 0 aliphatic heterocycles. The number of nitrogens with zero attached hydrogens (tertiary/aromatic N) is 4. The van der Waals surface area contributed by atoms with Crippen LogP contribution in [0.2, 0.25) is 0 Å². The molecule has 186 valence electrons. The van der Waals surface area contributed by atoms with Crippen molar-refractivity contribution in [1.82, 2.24) is 19.7 Å². The zero-order valence-corrected chi connectivity index (χ0v) is 19.9. The van der Waals surface area contributed by atoms with Crippen molar-refractivity contribution in [3.8, 4) is 5.69 Å². The average Bonchev–Trinajstić information content (AvgIpc) is 3.13. The molecule has 4 N–H and O–H groups in total. The molecule has 1 atom stereocenters. The van der Waals surface area contributed by atoms with Gasteiger partial charge in [0.2, 0.25) is 12.1 Å². The van der Waals surface area contributed by atoms with Crippen molar-refractivity contribution < 1.29 is 23.1 Å². The van der Waals surface area contributed by atoms with E-state index in [-0.39, 0.29) is 11.4 Å². The van der Waals surface area contributed by atoms with Crippen molar-refractivity contribution in [2.75, 3.05) is 23.4 Å². The Morgan fingerprint density at radius 1 is 1.08 bits per heavy atom. The van der Waals surface area contributed by atoms with Gasteiger partial charge in [0.1, 0.15) is 22.7 Å². The molecule has 0 bridgehead atoms. The molecule has 0 aliphatic rings. The summed E-state index contributed by atoms with van der Waals surface area (Å²) in [6.45, 7) is 4.71. The van der Waals surface area contributed by atoms with E-state index < -0.39 is 29.6 Å². The maximum atomic E-state index is 13.7. The number of carbonyl (C=O) groups is 2. The highest BCUT2D eigenvalue weighted by molar-refractivity contribution is 5.96. The lowest BCUT2D eigenvalue weighted by molar-refractivity contribution is -0.152. The fraction of sp³-hybridized carbons (Fsp3) is 0.208. The van der Waals surface area contributed by atoms with Gasteiger partial charge in [0.25, 0.3) is 5.91 Å². The van der Waals surface area contributed by atoms with Gasteiger partial charge < -0.3 is 21.1 Å². The van der Waals surface area contributed by atoms with Crippen LogP contribution in [0.25, 0.3) is 16.7 Å². The van der Waals surface area contributed by atoms with Crippen molar-refractivity contribution in [2.45, 2.75) is 26.9 Å². The fourth-order valence-electron chi connectivity index (χ4n) is 3.81. The maximum Gasteiger partial charge on any atom is 0.303 e. The summed E-state index contributed by atoms with van der Waals surface area (Å²) in [6.07, 6.45) is -1.55. The number of nitrogens with one attached hydrogen (secondary N) is 2. The number of esters is 1. The average molecular weight is 495 g/mol. The van der Waals surface area contributed by atoms with Crippen molar-refractivity contribution in [2.24, 2.45) is 0 Å². The summed E-state index contributed by atoms with van der Waals surface area (Å²) in [5.74, 6) is -2.75. The lowest BCUT2D eigenvalue weighted by atomic mass is 10.1. The number of nitrogens with two attached hydrogens (primary N) is 1. The Balaban J connectivity index is 1.66. The van der Waals surface area contributed by atoms with Crippen molar-refractivity contribution >= 4 is 40.4 Å². The molecule has 36 heavy (non-hydrogen) atoms. The number of halogens is 2. The fourth-order valence-corrected chi connectivity index (χ4v) is 3.81. The minimum atomic E-state index is -1.55. The van der Waals surface area contributed by atoms with Crippen LogP contribution < -0.4 is 16.4 Å². The molecule has 0 saturated heterocycles. The van der Waals surface area contributed by atoms with E-state index in [1.807, 2.05) is 0 Å². The summed E-state index contributed by atoms with van der Waals surface area (Å²) in [7, 11) is 1.69. The zero-order chi connectivity index (χ0) is 26.1. The second-order valence-corrected chi connectivity index (χ2v) is 8.06.